The van der Waals surface area contributed by atoms with E-state index in [0.29, 0.717) is 0 Å². The minimum Gasteiger partial charge on any atom is -0.383 e. The van der Waals surface area contributed by atoms with Crippen LogP contribution >= 0.6 is 0 Å². The number of nitrogens with one attached hydrogen (secondary N) is 1. The molecule has 1 N–H and O–H groups in total. The second-order valence-electron chi connectivity index (χ2n) is 5.84. The Morgan fingerprint density at radius 1 is 1.16 bits per heavy atom. The molecule has 1 aromatic carbocycles. The van der Waals surface area contributed by atoms with Crippen molar-refractivity contribution in [2.75, 3.05) is 31.7 Å². The van der Waals surface area contributed by atoms with E-state index in [1.807, 2.05) is 0 Å². The fraction of sp³-hybridized carbons (Fsp3) is 0.625. The van der Waals surface area contributed by atoms with Crippen molar-refractivity contribution in [1.29, 1.82) is 0 Å². The van der Waals surface area contributed by atoms with Crippen LogP contribution in [-0.2, 0) is 11.3 Å². The van der Waals surface area contributed by atoms with Gasteiger partial charge >= 0.3 is 0 Å². The first-order chi connectivity index (χ1) is 8.96. The molecule has 1 rings (SSSR count). The Morgan fingerprint density at radius 2 is 1.79 bits per heavy atom. The molecule has 0 amide bonds. The third-order valence-corrected chi connectivity index (χ3v) is 3.07. The Hall–Kier alpha value is -1.06. The fourth-order valence-corrected chi connectivity index (χ4v) is 1.86. The minimum absolute atomic E-state index is 0.159. The topological polar surface area (TPSA) is 24.5 Å². The molecule has 0 unspecified atom stereocenters. The predicted molar refractivity (Wildman–Crippen MR) is 82.8 cm³/mol. The van der Waals surface area contributed by atoms with E-state index in [9.17, 15) is 0 Å². The lowest BCUT2D eigenvalue weighted by Crippen LogP contribution is -2.35. The zero-order valence-electron chi connectivity index (χ0n) is 13.0. The van der Waals surface area contributed by atoms with Crippen LogP contribution in [0.1, 0.15) is 33.3 Å². The number of hydrogen-bond donors (Lipinski definition) is 1. The number of nitrogens with zero attached hydrogens (tertiary/aromatic N) is 1. The number of ether oxygens (including phenoxy) is 1. The highest BCUT2D eigenvalue weighted by molar-refractivity contribution is 5.47. The van der Waals surface area contributed by atoms with Gasteiger partial charge in [0.1, 0.15) is 0 Å². The third-order valence-electron chi connectivity index (χ3n) is 3.07. The number of rotatable bonds is 7. The summed E-state index contributed by atoms with van der Waals surface area (Å²) in [6.45, 7) is 12.3. The summed E-state index contributed by atoms with van der Waals surface area (Å²) in [5, 5.41) is 3.50. The molecule has 19 heavy (non-hydrogen) atoms. The van der Waals surface area contributed by atoms with Gasteiger partial charge in [-0.25, -0.2) is 0 Å². The Morgan fingerprint density at radius 3 is 2.26 bits per heavy atom. The normalized spacial score (nSPS) is 11.6. The summed E-state index contributed by atoms with van der Waals surface area (Å²) in [6.07, 6.45) is 0. The first-order valence-corrected chi connectivity index (χ1v) is 7.04. The lowest BCUT2D eigenvalue weighted by Gasteiger charge is -2.23. The number of likely N-dealkylation sites (N-methyl/N-ethyl adjacent to an activating group) is 1. The van der Waals surface area contributed by atoms with Crippen LogP contribution in [-0.4, -0.2) is 32.3 Å². The zero-order chi connectivity index (χ0) is 14.3. The van der Waals surface area contributed by atoms with E-state index in [1.54, 1.807) is 7.11 Å². The molecular formula is C16H28N2O. The van der Waals surface area contributed by atoms with Gasteiger partial charge in [-0.2, -0.15) is 0 Å². The van der Waals surface area contributed by atoms with Gasteiger partial charge in [0.05, 0.1) is 6.61 Å². The molecule has 0 saturated heterocycles. The van der Waals surface area contributed by atoms with Crippen LogP contribution in [0.4, 0.5) is 5.69 Å². The molecule has 0 aliphatic rings. The Balaban J connectivity index is 2.59. The van der Waals surface area contributed by atoms with Crippen molar-refractivity contribution < 1.29 is 4.74 Å². The minimum atomic E-state index is 0.159. The number of methoxy groups -OCH3 is 1. The Labute approximate surface area is 118 Å². The molecule has 0 aliphatic heterocycles. The highest BCUT2D eigenvalue weighted by Gasteiger charge is 2.08. The van der Waals surface area contributed by atoms with E-state index in [0.717, 1.165) is 26.2 Å². The van der Waals surface area contributed by atoms with E-state index in [4.69, 9.17) is 4.74 Å². The summed E-state index contributed by atoms with van der Waals surface area (Å²) >= 11 is 0. The summed E-state index contributed by atoms with van der Waals surface area (Å²) in [6, 6.07) is 8.78. The zero-order valence-corrected chi connectivity index (χ0v) is 13.0. The first kappa shape index (κ1) is 16.0. The van der Waals surface area contributed by atoms with Crippen LogP contribution in [0.2, 0.25) is 0 Å². The second kappa shape index (κ2) is 7.51. The van der Waals surface area contributed by atoms with Crippen molar-refractivity contribution in [3.63, 3.8) is 0 Å². The van der Waals surface area contributed by atoms with E-state index in [2.05, 4.69) is 62.2 Å². The summed E-state index contributed by atoms with van der Waals surface area (Å²) < 4.78 is 5.14. The highest BCUT2D eigenvalue weighted by Crippen LogP contribution is 2.15. The van der Waals surface area contributed by atoms with E-state index < -0.39 is 0 Å². The predicted octanol–water partition coefficient (Wildman–Crippen LogP) is 3.05. The van der Waals surface area contributed by atoms with Crippen molar-refractivity contribution in [1.82, 2.24) is 5.32 Å². The Kier molecular flexibility index (Phi) is 6.32. The SMILES string of the molecule is CCN(CCOC)c1ccc(CNC(C)(C)C)cc1. The molecule has 0 aromatic heterocycles. The highest BCUT2D eigenvalue weighted by atomic mass is 16.5. The van der Waals surface area contributed by atoms with Crippen LogP contribution in [0.5, 0.6) is 0 Å². The number of anilines is 1. The van der Waals surface area contributed by atoms with Gasteiger partial charge < -0.3 is 15.0 Å². The fourth-order valence-electron chi connectivity index (χ4n) is 1.86. The summed E-state index contributed by atoms with van der Waals surface area (Å²) in [5.74, 6) is 0. The average Bonchev–Trinajstić information content (AvgIpc) is 2.38. The van der Waals surface area contributed by atoms with Gasteiger partial charge in [0.15, 0.2) is 0 Å². The second-order valence-corrected chi connectivity index (χ2v) is 5.84. The molecule has 0 radical (unpaired) electrons. The molecule has 0 aliphatic carbocycles. The molecule has 0 atom stereocenters. The molecule has 0 heterocycles. The number of hydrogen-bond acceptors (Lipinski definition) is 3. The molecule has 3 nitrogen and oxygen atoms in total. The van der Waals surface area contributed by atoms with Crippen molar-refractivity contribution in [2.24, 2.45) is 0 Å². The quantitative estimate of drug-likeness (QED) is 0.819. The summed E-state index contributed by atoms with van der Waals surface area (Å²) in [4.78, 5) is 2.32. The van der Waals surface area contributed by atoms with Crippen LogP contribution < -0.4 is 10.2 Å². The molecule has 3 heteroatoms. The van der Waals surface area contributed by atoms with Crippen LogP contribution in [0, 0.1) is 0 Å². The third kappa shape index (κ3) is 6.08. The van der Waals surface area contributed by atoms with Gasteiger partial charge in [-0.05, 0) is 45.4 Å². The van der Waals surface area contributed by atoms with Gasteiger partial charge in [-0.15, -0.1) is 0 Å². The maximum Gasteiger partial charge on any atom is 0.0637 e. The molecule has 0 spiro atoms. The molecular weight excluding hydrogens is 236 g/mol. The maximum atomic E-state index is 5.14. The van der Waals surface area contributed by atoms with Crippen LogP contribution in [0.15, 0.2) is 24.3 Å². The van der Waals surface area contributed by atoms with E-state index >= 15 is 0 Å². The van der Waals surface area contributed by atoms with Crippen molar-refractivity contribution in [2.45, 2.75) is 39.8 Å². The lowest BCUT2D eigenvalue weighted by molar-refractivity contribution is 0.205. The standard InChI is InChI=1S/C16H28N2O/c1-6-18(11-12-19-5)15-9-7-14(8-10-15)13-17-16(2,3)4/h7-10,17H,6,11-13H2,1-5H3. The van der Waals surface area contributed by atoms with Crippen LogP contribution in [0.25, 0.3) is 0 Å². The van der Waals surface area contributed by atoms with Gasteiger partial charge in [0.25, 0.3) is 0 Å². The molecule has 1 aromatic rings. The van der Waals surface area contributed by atoms with Crippen LogP contribution in [0.3, 0.4) is 0 Å². The first-order valence-electron chi connectivity index (χ1n) is 7.04. The Bertz CT molecular complexity index is 354. The molecule has 0 bridgehead atoms. The van der Waals surface area contributed by atoms with Gasteiger partial charge in [-0.1, -0.05) is 12.1 Å². The molecule has 108 valence electrons. The lowest BCUT2D eigenvalue weighted by atomic mass is 10.1. The van der Waals surface area contributed by atoms with Gasteiger partial charge in [-0.3, -0.25) is 0 Å². The maximum absolute atomic E-state index is 5.14. The van der Waals surface area contributed by atoms with E-state index in [-0.39, 0.29) is 5.54 Å². The summed E-state index contributed by atoms with van der Waals surface area (Å²) in [5.41, 5.74) is 2.74. The smallest absolute Gasteiger partial charge is 0.0637 e. The average molecular weight is 264 g/mol. The summed E-state index contributed by atoms with van der Waals surface area (Å²) in [7, 11) is 1.75. The molecule has 0 saturated carbocycles. The van der Waals surface area contributed by atoms with Crippen molar-refractivity contribution in [3.05, 3.63) is 29.8 Å². The van der Waals surface area contributed by atoms with Crippen molar-refractivity contribution >= 4 is 5.69 Å². The number of benzene rings is 1. The van der Waals surface area contributed by atoms with Gasteiger partial charge in [0, 0.05) is 38.0 Å². The van der Waals surface area contributed by atoms with E-state index in [1.165, 1.54) is 11.3 Å². The monoisotopic (exact) mass is 264 g/mol. The van der Waals surface area contributed by atoms with Gasteiger partial charge in [0.2, 0.25) is 0 Å². The molecule has 0 fully saturated rings. The van der Waals surface area contributed by atoms with Crippen molar-refractivity contribution in [3.8, 4) is 0 Å². The largest absolute Gasteiger partial charge is 0.383 e.